The highest BCUT2D eigenvalue weighted by Gasteiger charge is 2.04. The lowest BCUT2D eigenvalue weighted by molar-refractivity contribution is 0.178. The molecule has 72 valence electrons. The van der Waals surface area contributed by atoms with E-state index in [4.69, 9.17) is 0 Å². The Morgan fingerprint density at radius 2 is 2.23 bits per heavy atom. The quantitative estimate of drug-likeness (QED) is 0.857. The molecule has 1 rings (SSSR count). The van der Waals surface area contributed by atoms with Crippen LogP contribution in [0.25, 0.3) is 0 Å². The summed E-state index contributed by atoms with van der Waals surface area (Å²) in [6.07, 6.45) is 1.13. The van der Waals surface area contributed by atoms with E-state index in [9.17, 15) is 9.90 Å². The standard InChI is InChI=1S/C8H9Br2NO2/c9-3-7(12)5-11-4-6(10)1-2-8(11)13/h1-2,4,7,12H,3,5H2. The lowest BCUT2D eigenvalue weighted by Crippen LogP contribution is -2.26. The maximum Gasteiger partial charge on any atom is 0.250 e. The molecule has 1 atom stereocenters. The average Bonchev–Trinajstić information content (AvgIpc) is 2.11. The molecule has 0 radical (unpaired) electrons. The fraction of sp³-hybridized carbons (Fsp3) is 0.375. The van der Waals surface area contributed by atoms with E-state index < -0.39 is 6.10 Å². The predicted octanol–water partition coefficient (Wildman–Crippen LogP) is 1.37. The molecule has 0 saturated heterocycles. The molecule has 1 aromatic rings. The number of alkyl halides is 1. The number of rotatable bonds is 3. The zero-order chi connectivity index (χ0) is 9.84. The lowest BCUT2D eigenvalue weighted by atomic mass is 10.4. The molecule has 1 N–H and O–H groups in total. The maximum atomic E-state index is 11.2. The molecule has 0 saturated carbocycles. The lowest BCUT2D eigenvalue weighted by Gasteiger charge is -2.09. The van der Waals surface area contributed by atoms with Crippen LogP contribution in [0, 0.1) is 0 Å². The van der Waals surface area contributed by atoms with Gasteiger partial charge in [0.25, 0.3) is 5.56 Å². The number of nitrogens with zero attached hydrogens (tertiary/aromatic N) is 1. The van der Waals surface area contributed by atoms with E-state index in [-0.39, 0.29) is 5.56 Å². The van der Waals surface area contributed by atoms with Crippen molar-refractivity contribution in [2.45, 2.75) is 12.6 Å². The molecule has 5 heteroatoms. The Morgan fingerprint density at radius 1 is 1.54 bits per heavy atom. The zero-order valence-electron chi connectivity index (χ0n) is 6.78. The van der Waals surface area contributed by atoms with Crippen molar-refractivity contribution in [2.75, 3.05) is 5.33 Å². The number of aliphatic hydroxyl groups is 1. The third-order valence-electron chi connectivity index (χ3n) is 1.53. The normalized spacial score (nSPS) is 12.8. The molecule has 13 heavy (non-hydrogen) atoms. The van der Waals surface area contributed by atoms with Gasteiger partial charge in [0.2, 0.25) is 0 Å². The Balaban J connectivity index is 2.87. The molecule has 0 bridgehead atoms. The van der Waals surface area contributed by atoms with Gasteiger partial charge in [0, 0.05) is 22.1 Å². The second kappa shape index (κ2) is 4.93. The molecule has 3 nitrogen and oxygen atoms in total. The van der Waals surface area contributed by atoms with Crippen molar-refractivity contribution in [3.05, 3.63) is 33.2 Å². The second-order valence-electron chi connectivity index (χ2n) is 2.65. The van der Waals surface area contributed by atoms with Gasteiger partial charge >= 0.3 is 0 Å². The minimum atomic E-state index is -0.535. The van der Waals surface area contributed by atoms with Crippen LogP contribution in [0.4, 0.5) is 0 Å². The monoisotopic (exact) mass is 309 g/mol. The van der Waals surface area contributed by atoms with E-state index in [0.717, 1.165) is 4.47 Å². The fourth-order valence-corrected chi connectivity index (χ4v) is 1.50. The first-order chi connectivity index (χ1) is 6.13. The summed E-state index contributed by atoms with van der Waals surface area (Å²) in [6.45, 7) is 0.309. The summed E-state index contributed by atoms with van der Waals surface area (Å²) < 4.78 is 2.30. The highest BCUT2D eigenvalue weighted by atomic mass is 79.9. The van der Waals surface area contributed by atoms with Crippen LogP contribution in [0.5, 0.6) is 0 Å². The van der Waals surface area contributed by atoms with Crippen LogP contribution in [0.3, 0.4) is 0 Å². The molecule has 0 spiro atoms. The average molecular weight is 311 g/mol. The van der Waals surface area contributed by atoms with E-state index in [1.165, 1.54) is 10.6 Å². The van der Waals surface area contributed by atoms with E-state index in [1.54, 1.807) is 12.3 Å². The summed E-state index contributed by atoms with van der Waals surface area (Å²) in [5.74, 6) is 0. The molecule has 1 aromatic heterocycles. The Labute approximate surface area is 92.6 Å². The molecule has 0 fully saturated rings. The van der Waals surface area contributed by atoms with Crippen LogP contribution in [-0.2, 0) is 6.54 Å². The van der Waals surface area contributed by atoms with Crippen molar-refractivity contribution in [1.29, 1.82) is 0 Å². The third-order valence-corrected chi connectivity index (χ3v) is 2.75. The van der Waals surface area contributed by atoms with Crippen LogP contribution in [0.2, 0.25) is 0 Å². The summed E-state index contributed by atoms with van der Waals surface area (Å²) in [6, 6.07) is 3.14. The molecule has 1 heterocycles. The molecular formula is C8H9Br2NO2. The van der Waals surface area contributed by atoms with Crippen molar-refractivity contribution < 1.29 is 5.11 Å². The summed E-state index contributed by atoms with van der Waals surface area (Å²) in [4.78, 5) is 11.2. The Hall–Kier alpha value is -0.130. The van der Waals surface area contributed by atoms with E-state index in [0.29, 0.717) is 11.9 Å². The van der Waals surface area contributed by atoms with Crippen molar-refractivity contribution >= 4 is 31.9 Å². The van der Waals surface area contributed by atoms with Gasteiger partial charge in [-0.05, 0) is 22.0 Å². The molecule has 0 aliphatic rings. The molecule has 1 unspecified atom stereocenters. The largest absolute Gasteiger partial charge is 0.390 e. The molecule has 0 aromatic carbocycles. The Kier molecular flexibility index (Phi) is 4.15. The van der Waals surface area contributed by atoms with Gasteiger partial charge in [-0.25, -0.2) is 0 Å². The number of hydrogen-bond acceptors (Lipinski definition) is 2. The van der Waals surface area contributed by atoms with Crippen molar-refractivity contribution in [1.82, 2.24) is 4.57 Å². The molecule has 0 aliphatic carbocycles. The van der Waals surface area contributed by atoms with Crippen LogP contribution in [0.15, 0.2) is 27.6 Å². The van der Waals surface area contributed by atoms with Gasteiger partial charge in [-0.3, -0.25) is 4.79 Å². The highest BCUT2D eigenvalue weighted by Crippen LogP contribution is 2.05. The van der Waals surface area contributed by atoms with Crippen LogP contribution >= 0.6 is 31.9 Å². The van der Waals surface area contributed by atoms with Gasteiger partial charge in [0.05, 0.1) is 12.6 Å². The SMILES string of the molecule is O=c1ccc(Br)cn1CC(O)CBr. The second-order valence-corrected chi connectivity index (χ2v) is 4.21. The minimum absolute atomic E-state index is 0.108. The first kappa shape index (κ1) is 10.9. The van der Waals surface area contributed by atoms with Gasteiger partial charge in [0.15, 0.2) is 0 Å². The summed E-state index contributed by atoms with van der Waals surface area (Å²) >= 11 is 6.39. The number of pyridine rings is 1. The van der Waals surface area contributed by atoms with Crippen molar-refractivity contribution in [3.63, 3.8) is 0 Å². The first-order valence-electron chi connectivity index (χ1n) is 3.73. The maximum absolute atomic E-state index is 11.2. The number of aromatic nitrogens is 1. The van der Waals surface area contributed by atoms with Gasteiger partial charge in [-0.2, -0.15) is 0 Å². The van der Waals surface area contributed by atoms with Crippen molar-refractivity contribution in [2.24, 2.45) is 0 Å². The number of halogens is 2. The Bertz CT molecular complexity index is 337. The summed E-state index contributed by atoms with van der Waals surface area (Å²) in [7, 11) is 0. The first-order valence-corrected chi connectivity index (χ1v) is 5.65. The summed E-state index contributed by atoms with van der Waals surface area (Å²) in [5, 5.41) is 9.77. The van der Waals surface area contributed by atoms with Crippen LogP contribution in [0.1, 0.15) is 0 Å². The Morgan fingerprint density at radius 3 is 2.85 bits per heavy atom. The van der Waals surface area contributed by atoms with Crippen molar-refractivity contribution in [3.8, 4) is 0 Å². The third kappa shape index (κ3) is 3.25. The summed E-state index contributed by atoms with van der Waals surface area (Å²) in [5.41, 5.74) is -0.108. The predicted molar refractivity (Wildman–Crippen MR) is 58.2 cm³/mol. The number of aliphatic hydroxyl groups excluding tert-OH is 1. The highest BCUT2D eigenvalue weighted by molar-refractivity contribution is 9.10. The van der Waals surface area contributed by atoms with Crippen LogP contribution in [-0.4, -0.2) is 21.1 Å². The topological polar surface area (TPSA) is 42.2 Å². The molecular weight excluding hydrogens is 302 g/mol. The zero-order valence-corrected chi connectivity index (χ0v) is 9.95. The van der Waals surface area contributed by atoms with Crippen LogP contribution < -0.4 is 5.56 Å². The van der Waals surface area contributed by atoms with E-state index >= 15 is 0 Å². The molecule has 0 aliphatic heterocycles. The van der Waals surface area contributed by atoms with Gasteiger partial charge in [0.1, 0.15) is 0 Å². The van der Waals surface area contributed by atoms with Gasteiger partial charge < -0.3 is 9.67 Å². The van der Waals surface area contributed by atoms with E-state index in [2.05, 4.69) is 31.9 Å². The van der Waals surface area contributed by atoms with Gasteiger partial charge in [-0.15, -0.1) is 0 Å². The van der Waals surface area contributed by atoms with Gasteiger partial charge in [-0.1, -0.05) is 15.9 Å². The fourth-order valence-electron chi connectivity index (χ4n) is 0.921. The number of hydrogen-bond donors (Lipinski definition) is 1. The smallest absolute Gasteiger partial charge is 0.250 e. The minimum Gasteiger partial charge on any atom is -0.390 e. The molecule has 0 amide bonds. The van der Waals surface area contributed by atoms with E-state index in [1.807, 2.05) is 0 Å².